The zero-order valence-corrected chi connectivity index (χ0v) is 12.8. The molecule has 0 fully saturated rings. The second-order valence-electron chi connectivity index (χ2n) is 5.26. The van der Waals surface area contributed by atoms with Crippen molar-refractivity contribution in [2.24, 2.45) is 0 Å². The smallest absolute Gasteiger partial charge is 0.303 e. The molecular formula is C17H20N2O4. The Morgan fingerprint density at radius 1 is 1.09 bits per heavy atom. The fourth-order valence-corrected chi connectivity index (χ4v) is 2.20. The van der Waals surface area contributed by atoms with Crippen LogP contribution in [0.15, 0.2) is 41.3 Å². The van der Waals surface area contributed by atoms with Gasteiger partial charge >= 0.3 is 5.97 Å². The summed E-state index contributed by atoms with van der Waals surface area (Å²) in [7, 11) is 0. The summed E-state index contributed by atoms with van der Waals surface area (Å²) in [6.07, 6.45) is 6.52. The molecule has 0 bridgehead atoms. The van der Waals surface area contributed by atoms with E-state index < -0.39 is 5.97 Å². The van der Waals surface area contributed by atoms with Gasteiger partial charge in [-0.1, -0.05) is 25.0 Å². The van der Waals surface area contributed by atoms with Gasteiger partial charge in [0.05, 0.1) is 6.20 Å². The first-order chi connectivity index (χ1) is 11.2. The molecule has 6 nitrogen and oxygen atoms in total. The second-order valence-corrected chi connectivity index (χ2v) is 5.26. The summed E-state index contributed by atoms with van der Waals surface area (Å²) < 4.78 is 5.20. The molecule has 1 aromatic heterocycles. The maximum atomic E-state index is 12.0. The van der Waals surface area contributed by atoms with E-state index >= 15 is 0 Å². The Labute approximate surface area is 134 Å². The monoisotopic (exact) mass is 316 g/mol. The molecule has 0 atom stereocenters. The van der Waals surface area contributed by atoms with Gasteiger partial charge < -0.3 is 14.8 Å². The van der Waals surface area contributed by atoms with Crippen LogP contribution in [0.4, 0.5) is 0 Å². The minimum Gasteiger partial charge on any atom is -0.481 e. The first kappa shape index (κ1) is 16.7. The average molecular weight is 316 g/mol. The number of oxazole rings is 1. The Bertz CT molecular complexity index is 621. The van der Waals surface area contributed by atoms with Crippen LogP contribution in [0.1, 0.15) is 42.5 Å². The second kappa shape index (κ2) is 8.73. The summed E-state index contributed by atoms with van der Waals surface area (Å²) >= 11 is 0. The lowest BCUT2D eigenvalue weighted by Crippen LogP contribution is -2.24. The van der Waals surface area contributed by atoms with Gasteiger partial charge in [0.25, 0.3) is 5.91 Å². The number of amides is 1. The Balaban J connectivity index is 1.68. The maximum Gasteiger partial charge on any atom is 0.303 e. The van der Waals surface area contributed by atoms with Crippen LogP contribution in [0.25, 0.3) is 11.3 Å². The van der Waals surface area contributed by atoms with Gasteiger partial charge in [-0.3, -0.25) is 9.59 Å². The van der Waals surface area contributed by atoms with E-state index in [1.54, 1.807) is 18.3 Å². The molecule has 1 heterocycles. The summed E-state index contributed by atoms with van der Waals surface area (Å²) in [4.78, 5) is 26.2. The molecule has 0 saturated heterocycles. The van der Waals surface area contributed by atoms with Crippen LogP contribution in [-0.2, 0) is 4.79 Å². The zero-order chi connectivity index (χ0) is 16.5. The van der Waals surface area contributed by atoms with Crippen LogP contribution in [0.5, 0.6) is 0 Å². The van der Waals surface area contributed by atoms with Crippen LogP contribution in [-0.4, -0.2) is 28.5 Å². The van der Waals surface area contributed by atoms with Crippen LogP contribution in [0.3, 0.4) is 0 Å². The number of nitrogens with zero attached hydrogens (tertiary/aromatic N) is 1. The first-order valence-corrected chi connectivity index (χ1v) is 7.66. The highest BCUT2D eigenvalue weighted by Gasteiger charge is 2.06. The average Bonchev–Trinajstić information content (AvgIpc) is 3.08. The number of hydrogen-bond acceptors (Lipinski definition) is 4. The molecule has 23 heavy (non-hydrogen) atoms. The van der Waals surface area contributed by atoms with Gasteiger partial charge in [0.15, 0.2) is 12.2 Å². The molecule has 0 saturated carbocycles. The lowest BCUT2D eigenvalue weighted by molar-refractivity contribution is -0.137. The molecule has 0 spiro atoms. The van der Waals surface area contributed by atoms with Crippen molar-refractivity contribution in [1.29, 1.82) is 0 Å². The van der Waals surface area contributed by atoms with E-state index in [1.807, 2.05) is 12.1 Å². The van der Waals surface area contributed by atoms with Crippen molar-refractivity contribution >= 4 is 11.9 Å². The number of rotatable bonds is 9. The molecule has 0 radical (unpaired) electrons. The van der Waals surface area contributed by atoms with Crippen molar-refractivity contribution in [3.63, 3.8) is 0 Å². The van der Waals surface area contributed by atoms with Crippen molar-refractivity contribution in [1.82, 2.24) is 10.3 Å². The molecule has 0 aliphatic rings. The molecule has 1 aromatic carbocycles. The van der Waals surface area contributed by atoms with E-state index in [0.717, 1.165) is 24.8 Å². The third kappa shape index (κ3) is 5.58. The Morgan fingerprint density at radius 2 is 1.83 bits per heavy atom. The lowest BCUT2D eigenvalue weighted by Gasteiger charge is -2.05. The molecule has 2 aromatic rings. The molecule has 2 rings (SSSR count). The van der Waals surface area contributed by atoms with Crippen molar-refractivity contribution in [3.05, 3.63) is 42.4 Å². The molecule has 2 N–H and O–H groups in total. The van der Waals surface area contributed by atoms with Gasteiger partial charge in [-0.05, 0) is 25.0 Å². The summed E-state index contributed by atoms with van der Waals surface area (Å²) in [6.45, 7) is 0.593. The van der Waals surface area contributed by atoms with E-state index in [9.17, 15) is 9.59 Å². The maximum absolute atomic E-state index is 12.0. The fourth-order valence-electron chi connectivity index (χ4n) is 2.20. The summed E-state index contributed by atoms with van der Waals surface area (Å²) in [5, 5.41) is 11.4. The van der Waals surface area contributed by atoms with Gasteiger partial charge in [0.1, 0.15) is 0 Å². The number of aromatic nitrogens is 1. The first-order valence-electron chi connectivity index (χ1n) is 7.66. The summed E-state index contributed by atoms with van der Waals surface area (Å²) in [5.41, 5.74) is 1.47. The molecule has 0 unspecified atom stereocenters. The Morgan fingerprint density at radius 3 is 2.48 bits per heavy atom. The number of nitrogens with one attached hydrogen (secondary N) is 1. The molecule has 6 heteroatoms. The van der Waals surface area contributed by atoms with E-state index in [2.05, 4.69) is 10.3 Å². The standard InChI is InChI=1S/C17H20N2O4/c20-16(21)5-3-1-2-4-10-19-17(22)14-8-6-13(7-9-14)15-11-18-12-23-15/h6-9,11-12H,1-5,10H2,(H,19,22)(H,20,21). The fraction of sp³-hybridized carbons (Fsp3) is 0.353. The predicted molar refractivity (Wildman–Crippen MR) is 85.0 cm³/mol. The van der Waals surface area contributed by atoms with Gasteiger partial charge in [-0.15, -0.1) is 0 Å². The number of unbranched alkanes of at least 4 members (excludes halogenated alkanes) is 3. The summed E-state index contributed by atoms with van der Waals surface area (Å²) in [6, 6.07) is 7.14. The topological polar surface area (TPSA) is 92.4 Å². The van der Waals surface area contributed by atoms with E-state index in [4.69, 9.17) is 9.52 Å². The van der Waals surface area contributed by atoms with E-state index in [1.165, 1.54) is 6.39 Å². The minimum absolute atomic E-state index is 0.111. The SMILES string of the molecule is O=C(O)CCCCCCNC(=O)c1ccc(-c2cnco2)cc1. The molecule has 122 valence electrons. The number of carboxylic acids is 1. The van der Waals surface area contributed by atoms with E-state index in [-0.39, 0.29) is 12.3 Å². The Hall–Kier alpha value is -2.63. The van der Waals surface area contributed by atoms with Gasteiger partial charge in [-0.25, -0.2) is 4.98 Å². The van der Waals surface area contributed by atoms with Gasteiger partial charge in [-0.2, -0.15) is 0 Å². The minimum atomic E-state index is -0.757. The highest BCUT2D eigenvalue weighted by atomic mass is 16.4. The van der Waals surface area contributed by atoms with Crippen LogP contribution in [0.2, 0.25) is 0 Å². The normalized spacial score (nSPS) is 10.4. The number of aliphatic carboxylic acids is 1. The molecule has 0 aliphatic carbocycles. The third-order valence-corrected chi connectivity index (χ3v) is 3.47. The Kier molecular flexibility index (Phi) is 6.35. The number of carbonyl (C=O) groups is 2. The molecule has 0 aliphatic heterocycles. The largest absolute Gasteiger partial charge is 0.481 e. The predicted octanol–water partition coefficient (Wildman–Crippen LogP) is 3.11. The van der Waals surface area contributed by atoms with Crippen molar-refractivity contribution in [3.8, 4) is 11.3 Å². The van der Waals surface area contributed by atoms with Gasteiger partial charge in [0, 0.05) is 24.1 Å². The van der Waals surface area contributed by atoms with Crippen molar-refractivity contribution in [2.75, 3.05) is 6.54 Å². The summed E-state index contributed by atoms with van der Waals surface area (Å²) in [5.74, 6) is -0.204. The van der Waals surface area contributed by atoms with Gasteiger partial charge in [0.2, 0.25) is 0 Å². The van der Waals surface area contributed by atoms with Crippen molar-refractivity contribution < 1.29 is 19.1 Å². The lowest BCUT2D eigenvalue weighted by atomic mass is 10.1. The van der Waals surface area contributed by atoms with Crippen molar-refractivity contribution in [2.45, 2.75) is 32.1 Å². The number of hydrogen-bond donors (Lipinski definition) is 2. The molecule has 1 amide bonds. The van der Waals surface area contributed by atoms with Crippen LogP contribution >= 0.6 is 0 Å². The number of carboxylic acid groups (broad SMARTS) is 1. The number of benzene rings is 1. The van der Waals surface area contributed by atoms with Crippen LogP contribution < -0.4 is 5.32 Å². The highest BCUT2D eigenvalue weighted by molar-refractivity contribution is 5.94. The van der Waals surface area contributed by atoms with E-state index in [0.29, 0.717) is 24.3 Å². The third-order valence-electron chi connectivity index (χ3n) is 3.47. The van der Waals surface area contributed by atoms with Crippen LogP contribution in [0, 0.1) is 0 Å². The highest BCUT2D eigenvalue weighted by Crippen LogP contribution is 2.18. The quantitative estimate of drug-likeness (QED) is 0.693. The molecular weight excluding hydrogens is 296 g/mol. The zero-order valence-electron chi connectivity index (χ0n) is 12.8. The number of carbonyl (C=O) groups excluding carboxylic acids is 1.